The molecule has 0 aliphatic heterocycles. The van der Waals surface area contributed by atoms with Gasteiger partial charge in [-0.3, -0.25) is 0 Å². The molecular formula is C15H14BrClFN. The Morgan fingerprint density at radius 1 is 1.21 bits per heavy atom. The summed E-state index contributed by atoms with van der Waals surface area (Å²) in [6.45, 7) is 2.76. The molecule has 2 aromatic carbocycles. The minimum atomic E-state index is -0.235. The summed E-state index contributed by atoms with van der Waals surface area (Å²) in [6, 6.07) is 12.7. The van der Waals surface area contributed by atoms with Gasteiger partial charge in [0.25, 0.3) is 0 Å². The molecule has 1 N–H and O–H groups in total. The van der Waals surface area contributed by atoms with E-state index < -0.39 is 0 Å². The summed E-state index contributed by atoms with van der Waals surface area (Å²) in [6.07, 6.45) is 0. The second-order valence-corrected chi connectivity index (χ2v) is 5.68. The summed E-state index contributed by atoms with van der Waals surface area (Å²) in [5.41, 5.74) is 2.20. The Morgan fingerprint density at radius 3 is 2.53 bits per heavy atom. The Balaban J connectivity index is 2.00. The van der Waals surface area contributed by atoms with Crippen molar-refractivity contribution < 1.29 is 4.39 Å². The quantitative estimate of drug-likeness (QED) is 0.816. The van der Waals surface area contributed by atoms with Crippen molar-refractivity contribution in [3.63, 3.8) is 0 Å². The van der Waals surface area contributed by atoms with Gasteiger partial charge in [-0.1, -0.05) is 45.7 Å². The molecule has 4 heteroatoms. The molecule has 0 heterocycles. The van der Waals surface area contributed by atoms with Crippen LogP contribution in [-0.2, 0) is 6.54 Å². The Morgan fingerprint density at radius 2 is 1.89 bits per heavy atom. The summed E-state index contributed by atoms with van der Waals surface area (Å²) in [7, 11) is 0. The standard InChI is InChI=1S/C15H14BrClFN/c1-10(11-2-5-13(17)6-3-11)19-9-12-4-7-14(18)8-15(12)16/h2-8,10,19H,9H2,1H3. The van der Waals surface area contributed by atoms with Crippen molar-refractivity contribution in [1.29, 1.82) is 0 Å². The highest BCUT2D eigenvalue weighted by atomic mass is 79.9. The van der Waals surface area contributed by atoms with Gasteiger partial charge in [0.2, 0.25) is 0 Å². The minimum absolute atomic E-state index is 0.203. The third kappa shape index (κ3) is 4.03. The number of hydrogen-bond donors (Lipinski definition) is 1. The molecule has 1 unspecified atom stereocenters. The lowest BCUT2D eigenvalue weighted by Gasteiger charge is -2.15. The maximum absolute atomic E-state index is 13.0. The first-order chi connectivity index (χ1) is 9.06. The van der Waals surface area contributed by atoms with E-state index in [4.69, 9.17) is 11.6 Å². The molecule has 0 amide bonds. The zero-order valence-electron chi connectivity index (χ0n) is 10.5. The van der Waals surface area contributed by atoms with Crippen molar-refractivity contribution in [3.8, 4) is 0 Å². The molecule has 0 bridgehead atoms. The number of hydrogen-bond acceptors (Lipinski definition) is 1. The molecule has 100 valence electrons. The summed E-state index contributed by atoms with van der Waals surface area (Å²) in [5.74, 6) is -0.235. The van der Waals surface area contributed by atoms with Gasteiger partial charge in [-0.25, -0.2) is 4.39 Å². The average molecular weight is 343 g/mol. The molecule has 0 spiro atoms. The van der Waals surface area contributed by atoms with E-state index in [-0.39, 0.29) is 11.9 Å². The topological polar surface area (TPSA) is 12.0 Å². The fraction of sp³-hybridized carbons (Fsp3) is 0.200. The zero-order chi connectivity index (χ0) is 13.8. The first kappa shape index (κ1) is 14.5. The van der Waals surface area contributed by atoms with Gasteiger partial charge in [0.05, 0.1) is 0 Å². The van der Waals surface area contributed by atoms with Gasteiger partial charge in [-0.15, -0.1) is 0 Å². The van der Waals surface area contributed by atoms with Gasteiger partial charge in [0.1, 0.15) is 5.82 Å². The van der Waals surface area contributed by atoms with E-state index in [1.165, 1.54) is 17.7 Å². The summed E-state index contributed by atoms with van der Waals surface area (Å²) in [5, 5.41) is 4.13. The van der Waals surface area contributed by atoms with Crippen LogP contribution >= 0.6 is 27.5 Å². The van der Waals surface area contributed by atoms with Crippen molar-refractivity contribution in [2.45, 2.75) is 19.5 Å². The van der Waals surface area contributed by atoms with E-state index >= 15 is 0 Å². The number of halogens is 3. The monoisotopic (exact) mass is 341 g/mol. The van der Waals surface area contributed by atoms with Gasteiger partial charge in [0, 0.05) is 22.1 Å². The summed E-state index contributed by atoms with van der Waals surface area (Å²) < 4.78 is 13.8. The molecule has 1 nitrogen and oxygen atoms in total. The van der Waals surface area contributed by atoms with E-state index in [0.29, 0.717) is 6.54 Å². The van der Waals surface area contributed by atoms with Crippen LogP contribution in [0.2, 0.25) is 5.02 Å². The zero-order valence-corrected chi connectivity index (χ0v) is 12.8. The van der Waals surface area contributed by atoms with Crippen molar-refractivity contribution in [3.05, 3.63) is 68.9 Å². The normalized spacial score (nSPS) is 12.4. The summed E-state index contributed by atoms with van der Waals surface area (Å²) >= 11 is 9.23. The SMILES string of the molecule is CC(NCc1ccc(F)cc1Br)c1ccc(Cl)cc1. The van der Waals surface area contributed by atoms with Crippen LogP contribution < -0.4 is 5.32 Å². The maximum atomic E-state index is 13.0. The smallest absolute Gasteiger partial charge is 0.124 e. The minimum Gasteiger partial charge on any atom is -0.306 e. The first-order valence-corrected chi connectivity index (χ1v) is 7.16. The Bertz CT molecular complexity index is 557. The van der Waals surface area contributed by atoms with Gasteiger partial charge in [0.15, 0.2) is 0 Å². The third-order valence-electron chi connectivity index (χ3n) is 2.98. The van der Waals surface area contributed by atoms with Crippen molar-refractivity contribution >= 4 is 27.5 Å². The molecule has 0 aliphatic rings. The Labute approximate surface area is 125 Å². The lowest BCUT2D eigenvalue weighted by atomic mass is 10.1. The molecule has 1 atom stereocenters. The van der Waals surface area contributed by atoms with Crippen LogP contribution in [0.1, 0.15) is 24.1 Å². The first-order valence-electron chi connectivity index (χ1n) is 5.99. The number of nitrogens with one attached hydrogen (secondary N) is 1. The highest BCUT2D eigenvalue weighted by Gasteiger charge is 2.06. The van der Waals surface area contributed by atoms with Crippen LogP contribution in [0.4, 0.5) is 4.39 Å². The second-order valence-electron chi connectivity index (χ2n) is 4.39. The molecule has 0 fully saturated rings. The van der Waals surface area contributed by atoms with Crippen LogP contribution in [0.3, 0.4) is 0 Å². The van der Waals surface area contributed by atoms with E-state index in [1.807, 2.05) is 24.3 Å². The lowest BCUT2D eigenvalue weighted by molar-refractivity contribution is 0.571. The fourth-order valence-electron chi connectivity index (χ4n) is 1.80. The van der Waals surface area contributed by atoms with E-state index in [1.54, 1.807) is 6.07 Å². The molecule has 0 saturated heterocycles. The van der Waals surface area contributed by atoms with Crippen LogP contribution in [0.5, 0.6) is 0 Å². The van der Waals surface area contributed by atoms with E-state index in [0.717, 1.165) is 15.1 Å². The summed E-state index contributed by atoms with van der Waals surface area (Å²) in [4.78, 5) is 0. The molecule has 2 rings (SSSR count). The Kier molecular flexibility index (Phi) is 4.97. The highest BCUT2D eigenvalue weighted by Crippen LogP contribution is 2.20. The average Bonchev–Trinajstić information content (AvgIpc) is 2.38. The van der Waals surface area contributed by atoms with E-state index in [9.17, 15) is 4.39 Å². The second kappa shape index (κ2) is 6.51. The molecule has 2 aromatic rings. The fourth-order valence-corrected chi connectivity index (χ4v) is 2.41. The van der Waals surface area contributed by atoms with Crippen LogP contribution in [0.25, 0.3) is 0 Å². The van der Waals surface area contributed by atoms with Gasteiger partial charge >= 0.3 is 0 Å². The molecule has 0 aliphatic carbocycles. The van der Waals surface area contributed by atoms with Crippen LogP contribution in [0.15, 0.2) is 46.9 Å². The van der Waals surface area contributed by atoms with Crippen molar-refractivity contribution in [2.75, 3.05) is 0 Å². The van der Waals surface area contributed by atoms with Crippen molar-refractivity contribution in [1.82, 2.24) is 5.32 Å². The van der Waals surface area contributed by atoms with E-state index in [2.05, 4.69) is 28.2 Å². The van der Waals surface area contributed by atoms with Crippen LogP contribution in [-0.4, -0.2) is 0 Å². The van der Waals surface area contributed by atoms with Gasteiger partial charge in [-0.2, -0.15) is 0 Å². The molecule has 19 heavy (non-hydrogen) atoms. The predicted octanol–water partition coefficient (Wildman–Crippen LogP) is 5.09. The largest absolute Gasteiger partial charge is 0.306 e. The predicted molar refractivity (Wildman–Crippen MR) is 80.8 cm³/mol. The highest BCUT2D eigenvalue weighted by molar-refractivity contribution is 9.10. The third-order valence-corrected chi connectivity index (χ3v) is 3.97. The van der Waals surface area contributed by atoms with Gasteiger partial charge < -0.3 is 5.32 Å². The molecule has 0 radical (unpaired) electrons. The number of benzene rings is 2. The Hall–Kier alpha value is -0.900. The maximum Gasteiger partial charge on any atom is 0.124 e. The van der Waals surface area contributed by atoms with Crippen LogP contribution in [0, 0.1) is 5.82 Å². The molecular weight excluding hydrogens is 329 g/mol. The van der Waals surface area contributed by atoms with Gasteiger partial charge in [-0.05, 0) is 42.3 Å². The van der Waals surface area contributed by atoms with Crippen molar-refractivity contribution in [2.24, 2.45) is 0 Å². The lowest BCUT2D eigenvalue weighted by Crippen LogP contribution is -2.18. The molecule has 0 aromatic heterocycles. The number of rotatable bonds is 4. The molecule has 0 saturated carbocycles.